The Balaban J connectivity index is 0.000000115. The predicted octanol–water partition coefficient (Wildman–Crippen LogP) is 30.3. The first-order chi connectivity index (χ1) is 56.3. The first-order valence-corrected chi connectivity index (χ1v) is 43.3. The van der Waals surface area contributed by atoms with Gasteiger partial charge in [0, 0.05) is 0 Å². The van der Waals surface area contributed by atoms with Crippen molar-refractivity contribution in [1.82, 2.24) is 0 Å². The third kappa shape index (κ3) is 17.5. The molecule has 0 saturated carbocycles. The number of hydrogen-bond donors (Lipinski definition) is 0. The van der Waals surface area contributed by atoms with E-state index in [0.717, 1.165) is 0 Å². The van der Waals surface area contributed by atoms with E-state index in [2.05, 4.69) is 494 Å². The maximum absolute atomic E-state index is 2.44. The third-order valence-corrected chi connectivity index (χ3v) is 27.3. The van der Waals surface area contributed by atoms with Gasteiger partial charge in [-0.1, -0.05) is 448 Å². The van der Waals surface area contributed by atoms with Crippen LogP contribution in [0.5, 0.6) is 0 Å². The molecule has 0 aliphatic carbocycles. The summed E-state index contributed by atoms with van der Waals surface area (Å²) in [6, 6.07) is 151. The maximum atomic E-state index is 2.44. The van der Waals surface area contributed by atoms with Gasteiger partial charge in [-0.05, 0) is 238 Å². The summed E-state index contributed by atoms with van der Waals surface area (Å²) in [6.07, 6.45) is 0. The summed E-state index contributed by atoms with van der Waals surface area (Å²) in [5.74, 6) is 0. The highest BCUT2D eigenvalue weighted by atomic mass is 28.3. The molecule has 0 spiro atoms. The zero-order valence-electron chi connectivity index (χ0n) is 68.8. The summed E-state index contributed by atoms with van der Waals surface area (Å²) in [5.41, 5.74) is 23.4. The lowest BCUT2D eigenvalue weighted by Gasteiger charge is -2.29. The fourth-order valence-corrected chi connectivity index (χ4v) is 20.1. The molecule has 19 aromatic rings. The van der Waals surface area contributed by atoms with E-state index in [1.165, 1.54) is 180 Å². The van der Waals surface area contributed by atoms with Gasteiger partial charge in [0.25, 0.3) is 0 Å². The van der Waals surface area contributed by atoms with E-state index in [4.69, 9.17) is 0 Å². The summed E-state index contributed by atoms with van der Waals surface area (Å²) in [5, 5.41) is 20.6. The summed E-state index contributed by atoms with van der Waals surface area (Å²) < 4.78 is 0. The number of benzene rings is 19. The van der Waals surface area contributed by atoms with Crippen LogP contribution in [0.4, 0.5) is 0 Å². The van der Waals surface area contributed by atoms with Gasteiger partial charge in [-0.2, -0.15) is 0 Å². The first-order valence-electron chi connectivity index (χ1n) is 40.8. The number of rotatable bonds is 9. The van der Waals surface area contributed by atoms with Crippen LogP contribution >= 0.6 is 0 Å². The van der Waals surface area contributed by atoms with Gasteiger partial charge in [-0.3, -0.25) is 0 Å². The minimum Gasteiger partial charge on any atom is -0.0624 e. The molecule has 0 aliphatic rings. The van der Waals surface area contributed by atoms with E-state index < -0.39 is 8.07 Å². The van der Waals surface area contributed by atoms with Crippen molar-refractivity contribution in [2.45, 2.75) is 86.6 Å². The molecule has 0 saturated heterocycles. The second-order valence-corrected chi connectivity index (χ2v) is 37.2. The molecule has 0 amide bonds. The first kappa shape index (κ1) is 78.2. The SMILES string of the molecule is C[Si](c1ccccc1)(c1ccccc1)c1ccccc1.Cc1cc(-c2ccc(C(C)(C)C)cc2)cc(-c2ccc(C(C)(C)C)cc2)c1.Cc1cc(-c2cccc(-c3ccccc3)c2)cc(-c2cccc(-c3ccccc3)c2)c1.Cc1ccc2c3ccccc3c3ccccc3c2c1.Cc1cccc2c3ccccc3c3ccccc3c12. The Morgan fingerprint density at radius 1 is 0.172 bits per heavy atom. The highest BCUT2D eigenvalue weighted by Crippen LogP contribution is 2.40. The van der Waals surface area contributed by atoms with Crippen LogP contribution in [0.3, 0.4) is 0 Å². The molecular formula is C115H102Si. The molecule has 1 heteroatoms. The van der Waals surface area contributed by atoms with Gasteiger partial charge in [-0.15, -0.1) is 0 Å². The molecule has 0 radical (unpaired) electrons. The molecule has 0 aromatic heterocycles. The van der Waals surface area contributed by atoms with Crippen LogP contribution in [0.1, 0.15) is 74.9 Å². The summed E-state index contributed by atoms with van der Waals surface area (Å²) in [4.78, 5) is 0. The fraction of sp³-hybridized carbons (Fsp3) is 0.113. The van der Waals surface area contributed by atoms with E-state index >= 15 is 0 Å². The fourth-order valence-electron chi connectivity index (χ4n) is 16.6. The zero-order chi connectivity index (χ0) is 80.3. The Morgan fingerprint density at radius 2 is 0.414 bits per heavy atom. The highest BCUT2D eigenvalue weighted by Gasteiger charge is 2.33. The third-order valence-electron chi connectivity index (χ3n) is 22.9. The summed E-state index contributed by atoms with van der Waals surface area (Å²) >= 11 is 0. The normalized spacial score (nSPS) is 11.4. The largest absolute Gasteiger partial charge is 0.145 e. The molecular weight excluding hydrogens is 1410 g/mol. The van der Waals surface area contributed by atoms with Crippen molar-refractivity contribution < 1.29 is 0 Å². The van der Waals surface area contributed by atoms with Crippen LogP contribution in [0.15, 0.2) is 419 Å². The van der Waals surface area contributed by atoms with Crippen molar-refractivity contribution in [2.75, 3.05) is 0 Å². The van der Waals surface area contributed by atoms with Crippen LogP contribution < -0.4 is 15.6 Å². The Bertz CT molecular complexity index is 6170. The number of hydrogen-bond acceptors (Lipinski definition) is 0. The van der Waals surface area contributed by atoms with Gasteiger partial charge >= 0.3 is 0 Å². The molecule has 0 bridgehead atoms. The lowest BCUT2D eigenvalue weighted by molar-refractivity contribution is 0.590. The minimum atomic E-state index is -1.88. The summed E-state index contributed by atoms with van der Waals surface area (Å²) in [7, 11) is -1.88. The second-order valence-electron chi connectivity index (χ2n) is 33.2. The van der Waals surface area contributed by atoms with Crippen LogP contribution in [-0.4, -0.2) is 8.07 Å². The van der Waals surface area contributed by atoms with Crippen LogP contribution in [-0.2, 0) is 10.8 Å². The molecule has 0 N–H and O–H groups in total. The molecule has 116 heavy (non-hydrogen) atoms. The molecule has 0 heterocycles. The van der Waals surface area contributed by atoms with Gasteiger partial charge in [0.2, 0.25) is 0 Å². The second kappa shape index (κ2) is 34.7. The monoisotopic (exact) mass is 1510 g/mol. The number of fused-ring (bicyclic) bond motifs is 12. The molecule has 0 fully saturated rings. The Hall–Kier alpha value is -13.0. The average Bonchev–Trinajstić information content (AvgIpc) is 0.762. The van der Waals surface area contributed by atoms with Crippen molar-refractivity contribution in [1.29, 1.82) is 0 Å². The molecule has 0 atom stereocenters. The molecule has 19 rings (SSSR count). The van der Waals surface area contributed by atoms with Gasteiger partial charge in [0.1, 0.15) is 8.07 Å². The van der Waals surface area contributed by atoms with E-state index in [0.29, 0.717) is 0 Å². The maximum Gasteiger partial charge on any atom is 0.145 e. The number of aryl methyl sites for hydroxylation is 4. The van der Waals surface area contributed by atoms with Crippen molar-refractivity contribution in [3.8, 4) is 66.8 Å². The van der Waals surface area contributed by atoms with Crippen LogP contribution in [0.2, 0.25) is 6.55 Å². The van der Waals surface area contributed by atoms with E-state index in [1.807, 2.05) is 0 Å². The molecule has 0 unspecified atom stereocenters. The van der Waals surface area contributed by atoms with Gasteiger partial charge in [0.15, 0.2) is 0 Å². The van der Waals surface area contributed by atoms with Gasteiger partial charge in [0.05, 0.1) is 0 Å². The lowest BCUT2D eigenvalue weighted by atomic mass is 9.85. The van der Waals surface area contributed by atoms with Gasteiger partial charge < -0.3 is 0 Å². The van der Waals surface area contributed by atoms with Crippen LogP contribution in [0.25, 0.3) is 131 Å². The molecule has 0 aliphatic heterocycles. The van der Waals surface area contributed by atoms with E-state index in [9.17, 15) is 0 Å². The topological polar surface area (TPSA) is 0 Å². The predicted molar refractivity (Wildman–Crippen MR) is 510 cm³/mol. The van der Waals surface area contributed by atoms with E-state index in [-0.39, 0.29) is 10.8 Å². The van der Waals surface area contributed by atoms with Crippen molar-refractivity contribution in [3.63, 3.8) is 0 Å². The molecule has 19 aromatic carbocycles. The highest BCUT2D eigenvalue weighted by molar-refractivity contribution is 7.10. The Kier molecular flexibility index (Phi) is 23.4. The van der Waals surface area contributed by atoms with E-state index in [1.54, 1.807) is 0 Å². The smallest absolute Gasteiger partial charge is 0.0624 e. The van der Waals surface area contributed by atoms with Crippen molar-refractivity contribution >= 4 is 88.3 Å². The van der Waals surface area contributed by atoms with Crippen LogP contribution in [0, 0.1) is 27.7 Å². The lowest BCUT2D eigenvalue weighted by Crippen LogP contribution is -2.64. The summed E-state index contributed by atoms with van der Waals surface area (Å²) in [6.45, 7) is 24.7. The van der Waals surface area contributed by atoms with Crippen molar-refractivity contribution in [3.05, 3.63) is 452 Å². The molecule has 566 valence electrons. The standard InChI is InChI=1S/C31H24.C27H32.C19H18Si.2C19H14/c1-23-18-30(28-16-8-14-26(20-28)24-10-4-2-5-11-24)22-31(19-23)29-17-9-15-27(21-29)25-12-6-3-7-13-25;1-19-16-22(20-8-12-24(13-9-20)26(2,3)4)18-23(17-19)21-10-14-25(15-11-21)27(5,6)7;1-20(17-11-5-2-6-12-17,18-13-7-3-8-14-18)19-15-9-4-10-16-19;1-13-7-6-12-18-16-9-3-2-8-14(16)15-10-4-5-11-17(15)19(13)18;1-13-10-11-18-16-8-3-2-6-14(16)15-7-4-5-9-17(15)19(18)12-13/h2-22H,1H3;8-18H,1-7H3;2-16H,1H3;2*2-12H,1H3. The minimum absolute atomic E-state index is 0.186. The zero-order valence-corrected chi connectivity index (χ0v) is 69.8. The van der Waals surface area contributed by atoms with Crippen molar-refractivity contribution in [2.24, 2.45) is 0 Å². The Morgan fingerprint density at radius 3 is 0.759 bits per heavy atom. The van der Waals surface area contributed by atoms with Gasteiger partial charge in [-0.25, -0.2) is 0 Å². The molecule has 0 nitrogen and oxygen atoms in total. The Labute approximate surface area is 688 Å². The quantitative estimate of drug-likeness (QED) is 0.0768. The average molecular weight is 1510 g/mol.